The molecule has 144 valence electrons. The first-order valence-electron chi connectivity index (χ1n) is 9.03. The Morgan fingerprint density at radius 2 is 2.14 bits per heavy atom. The summed E-state index contributed by atoms with van der Waals surface area (Å²) in [5.74, 6) is 1.79. The third-order valence-corrected chi connectivity index (χ3v) is 6.19. The SMILES string of the molecule is CCn1c(SCC(=O)NC(C)c2cc3ccccc3o2)nnc1-c1cccs1. The normalized spacial score (nSPS) is 12.4. The highest BCUT2D eigenvalue weighted by atomic mass is 32.2. The topological polar surface area (TPSA) is 73.0 Å². The molecule has 0 saturated heterocycles. The summed E-state index contributed by atoms with van der Waals surface area (Å²) in [6, 6.07) is 13.6. The van der Waals surface area contributed by atoms with Crippen LogP contribution in [0.4, 0.5) is 0 Å². The van der Waals surface area contributed by atoms with Crippen molar-refractivity contribution in [2.45, 2.75) is 31.6 Å². The fraction of sp³-hybridized carbons (Fsp3) is 0.250. The number of hydrogen-bond acceptors (Lipinski definition) is 6. The Morgan fingerprint density at radius 1 is 1.29 bits per heavy atom. The number of nitrogens with zero attached hydrogens (tertiary/aromatic N) is 3. The van der Waals surface area contributed by atoms with Crippen LogP contribution in [-0.2, 0) is 11.3 Å². The zero-order valence-corrected chi connectivity index (χ0v) is 17.2. The fourth-order valence-electron chi connectivity index (χ4n) is 2.97. The maximum Gasteiger partial charge on any atom is 0.231 e. The standard InChI is InChI=1S/C20H20N4O2S2/c1-3-24-19(17-9-6-10-27-17)22-23-20(24)28-12-18(25)21-13(2)16-11-14-7-4-5-8-15(14)26-16/h4-11,13H,3,12H2,1-2H3,(H,21,25). The van der Waals surface area contributed by atoms with E-state index in [-0.39, 0.29) is 17.7 Å². The minimum Gasteiger partial charge on any atom is -0.459 e. The summed E-state index contributed by atoms with van der Waals surface area (Å²) in [6.45, 7) is 4.72. The van der Waals surface area contributed by atoms with Gasteiger partial charge in [-0.25, -0.2) is 0 Å². The number of furan rings is 1. The van der Waals surface area contributed by atoms with Crippen molar-refractivity contribution in [1.82, 2.24) is 20.1 Å². The maximum atomic E-state index is 12.4. The average Bonchev–Trinajstić information content (AvgIpc) is 3.44. The lowest BCUT2D eigenvalue weighted by Crippen LogP contribution is -2.28. The lowest BCUT2D eigenvalue weighted by Gasteiger charge is -2.11. The number of amides is 1. The van der Waals surface area contributed by atoms with Crippen LogP contribution in [0.25, 0.3) is 21.7 Å². The predicted molar refractivity (Wildman–Crippen MR) is 113 cm³/mol. The van der Waals surface area contributed by atoms with Crippen LogP contribution in [0.1, 0.15) is 25.6 Å². The summed E-state index contributed by atoms with van der Waals surface area (Å²) in [5, 5.41) is 15.3. The molecule has 4 rings (SSSR count). The predicted octanol–water partition coefficient (Wildman–Crippen LogP) is 4.74. The highest BCUT2D eigenvalue weighted by Crippen LogP contribution is 2.27. The molecular formula is C20H20N4O2S2. The molecule has 8 heteroatoms. The number of nitrogens with one attached hydrogen (secondary N) is 1. The Balaban J connectivity index is 1.39. The van der Waals surface area contributed by atoms with Crippen LogP contribution in [0.15, 0.2) is 57.4 Å². The number of fused-ring (bicyclic) bond motifs is 1. The molecule has 0 saturated carbocycles. The molecule has 0 aliphatic carbocycles. The molecule has 3 aromatic heterocycles. The van der Waals surface area contributed by atoms with Gasteiger partial charge in [0.15, 0.2) is 11.0 Å². The van der Waals surface area contributed by atoms with Gasteiger partial charge in [-0.05, 0) is 37.4 Å². The smallest absolute Gasteiger partial charge is 0.231 e. The van der Waals surface area contributed by atoms with Gasteiger partial charge in [0.05, 0.1) is 16.7 Å². The van der Waals surface area contributed by atoms with Gasteiger partial charge in [-0.15, -0.1) is 21.5 Å². The van der Waals surface area contributed by atoms with E-state index in [1.54, 1.807) is 11.3 Å². The van der Waals surface area contributed by atoms with Crippen molar-refractivity contribution in [3.05, 3.63) is 53.6 Å². The third kappa shape index (κ3) is 3.83. The molecule has 28 heavy (non-hydrogen) atoms. The van der Waals surface area contributed by atoms with Crippen molar-refractivity contribution in [2.24, 2.45) is 0 Å². The van der Waals surface area contributed by atoms with Gasteiger partial charge in [-0.2, -0.15) is 0 Å². The maximum absolute atomic E-state index is 12.4. The van der Waals surface area contributed by atoms with E-state index in [0.717, 1.165) is 39.1 Å². The first-order valence-corrected chi connectivity index (χ1v) is 10.9. The molecule has 1 amide bonds. The molecule has 0 aliphatic heterocycles. The lowest BCUT2D eigenvalue weighted by atomic mass is 10.2. The molecule has 0 fully saturated rings. The number of para-hydroxylation sites is 1. The molecule has 4 aromatic rings. The molecule has 6 nitrogen and oxygen atoms in total. The van der Waals surface area contributed by atoms with E-state index in [2.05, 4.69) is 15.5 Å². The molecule has 3 heterocycles. The van der Waals surface area contributed by atoms with E-state index in [1.807, 2.05) is 66.3 Å². The van der Waals surface area contributed by atoms with E-state index in [1.165, 1.54) is 11.8 Å². The van der Waals surface area contributed by atoms with E-state index in [0.29, 0.717) is 0 Å². The van der Waals surface area contributed by atoms with E-state index < -0.39 is 0 Å². The number of aromatic nitrogens is 3. The molecule has 1 atom stereocenters. The van der Waals surface area contributed by atoms with Crippen LogP contribution in [0.2, 0.25) is 0 Å². The Hall–Kier alpha value is -2.58. The summed E-state index contributed by atoms with van der Waals surface area (Å²) in [4.78, 5) is 13.5. The van der Waals surface area contributed by atoms with Crippen molar-refractivity contribution in [1.29, 1.82) is 0 Å². The van der Waals surface area contributed by atoms with E-state index in [9.17, 15) is 4.79 Å². The van der Waals surface area contributed by atoms with Crippen LogP contribution in [-0.4, -0.2) is 26.4 Å². The Bertz CT molecular complexity index is 1050. The highest BCUT2D eigenvalue weighted by Gasteiger charge is 2.17. The molecule has 1 unspecified atom stereocenters. The van der Waals surface area contributed by atoms with Gasteiger partial charge >= 0.3 is 0 Å². The fourth-order valence-corrected chi connectivity index (χ4v) is 4.50. The Kier molecular flexibility index (Phi) is 5.50. The molecule has 0 bridgehead atoms. The molecule has 0 aliphatic rings. The summed E-state index contributed by atoms with van der Waals surface area (Å²) < 4.78 is 7.86. The summed E-state index contributed by atoms with van der Waals surface area (Å²) in [6.07, 6.45) is 0. The number of benzene rings is 1. The number of rotatable bonds is 7. The monoisotopic (exact) mass is 412 g/mol. The first-order chi connectivity index (χ1) is 13.7. The molecule has 0 radical (unpaired) electrons. The van der Waals surface area contributed by atoms with Gasteiger partial charge in [0.1, 0.15) is 11.3 Å². The molecule has 0 spiro atoms. The second-order valence-corrected chi connectivity index (χ2v) is 8.18. The number of thioether (sulfide) groups is 1. The second-order valence-electron chi connectivity index (χ2n) is 6.29. The highest BCUT2D eigenvalue weighted by molar-refractivity contribution is 7.99. The summed E-state index contributed by atoms with van der Waals surface area (Å²) in [7, 11) is 0. The van der Waals surface area contributed by atoms with Crippen molar-refractivity contribution < 1.29 is 9.21 Å². The van der Waals surface area contributed by atoms with Crippen LogP contribution in [0.5, 0.6) is 0 Å². The summed E-state index contributed by atoms with van der Waals surface area (Å²) >= 11 is 3.02. The minimum absolute atomic E-state index is 0.0683. The van der Waals surface area contributed by atoms with E-state index >= 15 is 0 Å². The van der Waals surface area contributed by atoms with Gasteiger partial charge in [0, 0.05) is 11.9 Å². The average molecular weight is 413 g/mol. The van der Waals surface area contributed by atoms with Crippen molar-refractivity contribution in [3.63, 3.8) is 0 Å². The van der Waals surface area contributed by atoms with Crippen LogP contribution in [0.3, 0.4) is 0 Å². The van der Waals surface area contributed by atoms with E-state index in [4.69, 9.17) is 4.42 Å². The molecule has 1 aromatic carbocycles. The Morgan fingerprint density at radius 3 is 2.89 bits per heavy atom. The minimum atomic E-state index is -0.203. The number of carbonyl (C=O) groups is 1. The molecule has 1 N–H and O–H groups in total. The van der Waals surface area contributed by atoms with Gasteiger partial charge < -0.3 is 14.3 Å². The van der Waals surface area contributed by atoms with Crippen LogP contribution < -0.4 is 5.32 Å². The van der Waals surface area contributed by atoms with Crippen molar-refractivity contribution in [3.8, 4) is 10.7 Å². The zero-order valence-electron chi connectivity index (χ0n) is 15.6. The van der Waals surface area contributed by atoms with Gasteiger partial charge in [0.25, 0.3) is 0 Å². The lowest BCUT2D eigenvalue weighted by molar-refractivity contribution is -0.119. The first kappa shape index (κ1) is 18.8. The van der Waals surface area contributed by atoms with Gasteiger partial charge in [-0.3, -0.25) is 4.79 Å². The Labute approximate surface area is 171 Å². The second kappa shape index (κ2) is 8.20. The third-order valence-electron chi connectivity index (χ3n) is 4.36. The van der Waals surface area contributed by atoms with Crippen molar-refractivity contribution >= 4 is 40.0 Å². The van der Waals surface area contributed by atoms with Gasteiger partial charge in [-0.1, -0.05) is 36.0 Å². The summed E-state index contributed by atoms with van der Waals surface area (Å²) in [5.41, 5.74) is 0.824. The zero-order chi connectivity index (χ0) is 19.5. The quantitative estimate of drug-likeness (QED) is 0.444. The van der Waals surface area contributed by atoms with Crippen LogP contribution in [0, 0.1) is 0 Å². The largest absolute Gasteiger partial charge is 0.459 e. The van der Waals surface area contributed by atoms with Crippen LogP contribution >= 0.6 is 23.1 Å². The van der Waals surface area contributed by atoms with Gasteiger partial charge in [0.2, 0.25) is 5.91 Å². The molecular weight excluding hydrogens is 392 g/mol. The number of carbonyl (C=O) groups excluding carboxylic acids is 1. The number of thiophene rings is 1. The number of hydrogen-bond donors (Lipinski definition) is 1. The van der Waals surface area contributed by atoms with Crippen molar-refractivity contribution in [2.75, 3.05) is 5.75 Å².